The van der Waals surface area contributed by atoms with Crippen molar-refractivity contribution in [1.82, 2.24) is 15.1 Å². The molecule has 144 valence electrons. The van der Waals surface area contributed by atoms with E-state index in [4.69, 9.17) is 5.73 Å². The molecule has 3 N–H and O–H groups in total. The molecule has 3 amide bonds. The predicted octanol–water partition coefficient (Wildman–Crippen LogP) is 0.618. The number of fused-ring (bicyclic) bond motifs is 1. The van der Waals surface area contributed by atoms with E-state index in [0.717, 1.165) is 31.7 Å². The molecule has 27 heavy (non-hydrogen) atoms. The van der Waals surface area contributed by atoms with E-state index in [1.54, 1.807) is 4.90 Å². The summed E-state index contributed by atoms with van der Waals surface area (Å²) < 4.78 is 0. The first kappa shape index (κ1) is 18.1. The van der Waals surface area contributed by atoms with Gasteiger partial charge >= 0.3 is 0 Å². The largest absolute Gasteiger partial charge is 0.330 e. The van der Waals surface area contributed by atoms with E-state index in [9.17, 15) is 14.4 Å². The van der Waals surface area contributed by atoms with E-state index in [-0.39, 0.29) is 24.1 Å². The first-order chi connectivity index (χ1) is 13.0. The van der Waals surface area contributed by atoms with Crippen molar-refractivity contribution < 1.29 is 14.4 Å². The summed E-state index contributed by atoms with van der Waals surface area (Å²) in [7, 11) is 0. The molecular weight excluding hydrogens is 344 g/mol. The molecular formula is C20H26N4O3. The minimum Gasteiger partial charge on any atom is -0.330 e. The maximum absolute atomic E-state index is 12.7. The summed E-state index contributed by atoms with van der Waals surface area (Å²) in [6.45, 7) is 4.12. The van der Waals surface area contributed by atoms with Crippen LogP contribution in [-0.2, 0) is 22.7 Å². The topological polar surface area (TPSA) is 95.7 Å². The molecule has 0 aromatic heterocycles. The zero-order valence-electron chi connectivity index (χ0n) is 15.4. The molecule has 2 saturated heterocycles. The van der Waals surface area contributed by atoms with Crippen LogP contribution in [-0.4, -0.2) is 53.2 Å². The molecule has 2 atom stereocenters. The van der Waals surface area contributed by atoms with Gasteiger partial charge in [0.2, 0.25) is 11.8 Å². The van der Waals surface area contributed by atoms with Crippen LogP contribution >= 0.6 is 0 Å². The number of rotatable bonds is 4. The lowest BCUT2D eigenvalue weighted by Gasteiger charge is -2.32. The number of benzene rings is 1. The molecule has 0 aliphatic carbocycles. The second-order valence-electron chi connectivity index (χ2n) is 7.87. The Balaban J connectivity index is 1.46. The molecule has 1 aromatic rings. The van der Waals surface area contributed by atoms with Crippen LogP contribution in [0.2, 0.25) is 0 Å². The molecule has 7 heteroatoms. The Morgan fingerprint density at radius 2 is 2.04 bits per heavy atom. The fourth-order valence-electron chi connectivity index (χ4n) is 4.47. The Morgan fingerprint density at radius 3 is 2.81 bits per heavy atom. The van der Waals surface area contributed by atoms with Crippen molar-refractivity contribution in [1.29, 1.82) is 0 Å². The van der Waals surface area contributed by atoms with Gasteiger partial charge in [0.15, 0.2) is 0 Å². The van der Waals surface area contributed by atoms with Gasteiger partial charge in [-0.15, -0.1) is 0 Å². The van der Waals surface area contributed by atoms with Crippen LogP contribution in [0.5, 0.6) is 0 Å². The first-order valence-electron chi connectivity index (χ1n) is 9.74. The average Bonchev–Trinajstić information content (AvgIpc) is 2.98. The quantitative estimate of drug-likeness (QED) is 0.758. The summed E-state index contributed by atoms with van der Waals surface area (Å²) in [6, 6.07) is 5.42. The Morgan fingerprint density at radius 1 is 1.19 bits per heavy atom. The Bertz CT molecular complexity index is 778. The summed E-state index contributed by atoms with van der Waals surface area (Å²) in [4.78, 5) is 40.3. The highest BCUT2D eigenvalue weighted by Gasteiger charge is 2.39. The third kappa shape index (κ3) is 3.61. The van der Waals surface area contributed by atoms with E-state index in [0.29, 0.717) is 24.4 Å². The maximum atomic E-state index is 12.7. The lowest BCUT2D eigenvalue weighted by molar-refractivity contribution is -0.136. The summed E-state index contributed by atoms with van der Waals surface area (Å²) in [5.41, 5.74) is 8.65. The maximum Gasteiger partial charge on any atom is 0.255 e. The minimum atomic E-state index is -0.557. The fraction of sp³-hybridized carbons (Fsp3) is 0.550. The molecule has 3 aliphatic rings. The Labute approximate surface area is 158 Å². The second kappa shape index (κ2) is 7.40. The van der Waals surface area contributed by atoms with Crippen LogP contribution in [0.25, 0.3) is 0 Å². The van der Waals surface area contributed by atoms with Crippen molar-refractivity contribution in [2.45, 2.75) is 44.8 Å². The highest BCUT2D eigenvalue weighted by atomic mass is 16.2. The molecule has 0 saturated carbocycles. The van der Waals surface area contributed by atoms with Gasteiger partial charge in [0.25, 0.3) is 5.91 Å². The molecule has 1 unspecified atom stereocenters. The number of hydrogen-bond donors (Lipinski definition) is 2. The number of carbonyl (C=O) groups excluding carboxylic acids is 3. The number of nitrogens with one attached hydrogen (secondary N) is 1. The van der Waals surface area contributed by atoms with Crippen molar-refractivity contribution >= 4 is 17.7 Å². The van der Waals surface area contributed by atoms with Gasteiger partial charge in [-0.05, 0) is 55.5 Å². The van der Waals surface area contributed by atoms with Crippen molar-refractivity contribution in [3.05, 3.63) is 34.9 Å². The monoisotopic (exact) mass is 370 g/mol. The molecule has 4 rings (SSSR count). The normalized spacial score (nSPS) is 26.3. The van der Waals surface area contributed by atoms with Gasteiger partial charge in [-0.25, -0.2) is 0 Å². The summed E-state index contributed by atoms with van der Waals surface area (Å²) in [5, 5.41) is 2.34. The number of piperidine rings is 2. The van der Waals surface area contributed by atoms with Crippen molar-refractivity contribution in [2.75, 3.05) is 19.6 Å². The molecule has 2 fully saturated rings. The van der Waals surface area contributed by atoms with Gasteiger partial charge in [0.05, 0.1) is 0 Å². The summed E-state index contributed by atoms with van der Waals surface area (Å²) in [6.07, 6.45) is 3.05. The predicted molar refractivity (Wildman–Crippen MR) is 99.5 cm³/mol. The average molecular weight is 370 g/mol. The van der Waals surface area contributed by atoms with Crippen LogP contribution in [0.3, 0.4) is 0 Å². The zero-order valence-corrected chi connectivity index (χ0v) is 15.4. The lowest BCUT2D eigenvalue weighted by atomic mass is 9.97. The van der Waals surface area contributed by atoms with E-state index >= 15 is 0 Å². The second-order valence-corrected chi connectivity index (χ2v) is 7.87. The van der Waals surface area contributed by atoms with E-state index in [1.165, 1.54) is 18.4 Å². The number of likely N-dealkylation sites (tertiary alicyclic amines) is 1. The van der Waals surface area contributed by atoms with Gasteiger partial charge in [0.1, 0.15) is 6.04 Å². The number of nitrogens with zero attached hydrogens (tertiary/aromatic N) is 2. The Hall–Kier alpha value is -2.25. The van der Waals surface area contributed by atoms with Crippen molar-refractivity contribution in [3.8, 4) is 0 Å². The van der Waals surface area contributed by atoms with Crippen molar-refractivity contribution in [3.63, 3.8) is 0 Å². The standard InChI is InChI=1S/C20H26N4O3/c21-9-14-2-1-7-23(11-14)10-13-3-4-16-15(8-13)12-24(20(16)27)17-5-6-18(25)22-19(17)26/h3-4,8,14,17H,1-2,5-7,9-12,21H2,(H,22,25,26)/t14-,17?/m0/s1. The van der Waals surface area contributed by atoms with Crippen LogP contribution in [0.4, 0.5) is 0 Å². The molecule has 0 radical (unpaired) electrons. The van der Waals surface area contributed by atoms with Gasteiger partial charge < -0.3 is 10.6 Å². The highest BCUT2D eigenvalue weighted by molar-refractivity contribution is 6.05. The molecule has 1 aromatic carbocycles. The smallest absolute Gasteiger partial charge is 0.255 e. The lowest BCUT2D eigenvalue weighted by Crippen LogP contribution is -2.52. The zero-order chi connectivity index (χ0) is 19.0. The molecule has 0 bridgehead atoms. The first-order valence-corrected chi connectivity index (χ1v) is 9.74. The number of carbonyl (C=O) groups is 3. The number of nitrogens with two attached hydrogens (primary N) is 1. The van der Waals surface area contributed by atoms with Crippen LogP contribution in [0.15, 0.2) is 18.2 Å². The Kier molecular flexibility index (Phi) is 4.97. The number of amides is 3. The number of imide groups is 1. The highest BCUT2D eigenvalue weighted by Crippen LogP contribution is 2.29. The summed E-state index contributed by atoms with van der Waals surface area (Å²) >= 11 is 0. The molecule has 3 aliphatic heterocycles. The molecule has 3 heterocycles. The van der Waals surface area contributed by atoms with Crippen LogP contribution < -0.4 is 11.1 Å². The van der Waals surface area contributed by atoms with E-state index < -0.39 is 6.04 Å². The van der Waals surface area contributed by atoms with E-state index in [2.05, 4.69) is 16.3 Å². The minimum absolute atomic E-state index is 0.118. The number of hydrogen-bond acceptors (Lipinski definition) is 5. The van der Waals surface area contributed by atoms with Gasteiger partial charge in [-0.1, -0.05) is 12.1 Å². The SMILES string of the molecule is NC[C@@H]1CCCN(Cc2ccc3c(c2)CN(C2CCC(=O)NC2=O)C3=O)C1. The van der Waals surface area contributed by atoms with Crippen LogP contribution in [0.1, 0.15) is 47.2 Å². The van der Waals surface area contributed by atoms with Gasteiger partial charge in [-0.3, -0.25) is 24.6 Å². The fourth-order valence-corrected chi connectivity index (χ4v) is 4.47. The third-order valence-corrected chi connectivity index (χ3v) is 5.93. The summed E-state index contributed by atoms with van der Waals surface area (Å²) in [5.74, 6) is -0.182. The van der Waals surface area contributed by atoms with Crippen molar-refractivity contribution in [2.24, 2.45) is 11.7 Å². The van der Waals surface area contributed by atoms with Gasteiger partial charge in [-0.2, -0.15) is 0 Å². The van der Waals surface area contributed by atoms with E-state index in [1.807, 2.05) is 12.1 Å². The van der Waals surface area contributed by atoms with Gasteiger partial charge in [0, 0.05) is 31.6 Å². The molecule has 7 nitrogen and oxygen atoms in total. The molecule has 0 spiro atoms. The third-order valence-electron chi connectivity index (χ3n) is 5.93. The van der Waals surface area contributed by atoms with Crippen LogP contribution in [0, 0.1) is 5.92 Å².